The van der Waals surface area contributed by atoms with Crippen LogP contribution in [0.25, 0.3) is 22.0 Å². The quantitative estimate of drug-likeness (QED) is 0.193. The number of nitrogens with zero attached hydrogens (tertiary/aromatic N) is 4. The van der Waals surface area contributed by atoms with E-state index in [2.05, 4.69) is 0 Å². The fourth-order valence-electron chi connectivity index (χ4n) is 5.51. The summed E-state index contributed by atoms with van der Waals surface area (Å²) in [5, 5.41) is -1.08. The van der Waals surface area contributed by atoms with Crippen LogP contribution < -0.4 is 5.15 Å². The Morgan fingerprint density at radius 2 is 1.17 bits per heavy atom. The van der Waals surface area contributed by atoms with E-state index in [0.29, 0.717) is 22.4 Å². The second kappa shape index (κ2) is 7.29. The Bertz CT molecular complexity index is 1790. The molecule has 4 aromatic carbocycles. The predicted molar refractivity (Wildman–Crippen MR) is 139 cm³/mol. The molecule has 36 heavy (non-hydrogen) atoms. The Labute approximate surface area is 206 Å². The highest BCUT2D eigenvalue weighted by molar-refractivity contribution is 6.23. The van der Waals surface area contributed by atoms with E-state index in [9.17, 15) is 0 Å². The van der Waals surface area contributed by atoms with Gasteiger partial charge in [-0.15, -0.1) is 0 Å². The van der Waals surface area contributed by atoms with E-state index in [0.717, 1.165) is 42.6 Å². The predicted octanol–water partition coefficient (Wildman–Crippen LogP) is 7.00. The zero-order valence-electron chi connectivity index (χ0n) is 19.8. The molecule has 2 aliphatic heterocycles. The van der Waals surface area contributed by atoms with E-state index >= 15 is 8.96 Å². The molecule has 0 atom stereocenters. The van der Waals surface area contributed by atoms with Crippen LogP contribution in [0.4, 0.5) is 14.8 Å². The van der Waals surface area contributed by atoms with Crippen LogP contribution >= 0.6 is 0 Å². The first-order valence-corrected chi connectivity index (χ1v) is 11.9. The van der Waals surface area contributed by atoms with Crippen LogP contribution in [-0.2, 0) is 0 Å². The lowest BCUT2D eigenvalue weighted by molar-refractivity contribution is -0.735. The van der Waals surface area contributed by atoms with E-state index in [1.807, 2.05) is 111 Å². The first-order valence-electron chi connectivity index (χ1n) is 11.9. The smallest absolute Gasteiger partial charge is 0.0620 e. The van der Waals surface area contributed by atoms with Crippen molar-refractivity contribution < 1.29 is 13.6 Å². The van der Waals surface area contributed by atoms with Gasteiger partial charge in [-0.2, -0.15) is 0 Å². The highest BCUT2D eigenvalue weighted by Crippen LogP contribution is 2.45. The number of aromatic nitrogens is 1. The minimum absolute atomic E-state index is 0.251. The van der Waals surface area contributed by atoms with Crippen LogP contribution in [0.15, 0.2) is 102 Å². The van der Waals surface area contributed by atoms with Crippen molar-refractivity contribution in [3.8, 4) is 11.3 Å². The first kappa shape index (κ1) is 20.9. The molecular weight excluding hydrogens is 454 g/mol. The lowest BCUT2D eigenvalue weighted by atomic mass is 9.97. The Balaban J connectivity index is 1.66. The summed E-state index contributed by atoms with van der Waals surface area (Å²) in [7, 11) is 0. The maximum absolute atomic E-state index is 17.0. The standard InChI is InChI=1S/C30H22F2N4/c1-19-11-3-5-13-21(19)27-23-15-7-9-17-25(23)29-33-30-26-18-10-8-16-24(26)28(22-14-6-4-12-20(22)2)35(30)36(31,32)34(27)29/h3-18H,1-2H3/q+2. The van der Waals surface area contributed by atoms with E-state index in [-0.39, 0.29) is 11.7 Å². The van der Waals surface area contributed by atoms with Gasteiger partial charge in [-0.3, -0.25) is 0 Å². The molecule has 0 N–H and O–H groups in total. The second-order valence-electron chi connectivity index (χ2n) is 9.26. The van der Waals surface area contributed by atoms with Crippen LogP contribution in [0.1, 0.15) is 27.8 Å². The number of hydrogen-bond donors (Lipinski definition) is 0. The molecule has 0 spiro atoms. The molecule has 2 aliphatic rings. The molecule has 0 bridgehead atoms. The zero-order chi connectivity index (χ0) is 24.6. The number of aliphatic imine (C=N–C) groups is 1. The van der Waals surface area contributed by atoms with E-state index in [4.69, 9.17) is 4.99 Å². The lowest BCUT2D eigenvalue weighted by Crippen LogP contribution is -2.56. The molecule has 174 valence electrons. The summed E-state index contributed by atoms with van der Waals surface area (Å²) in [5.41, 5.74) is 5.70. The second-order valence-corrected chi connectivity index (χ2v) is 9.26. The van der Waals surface area contributed by atoms with Gasteiger partial charge < -0.3 is 0 Å². The van der Waals surface area contributed by atoms with Crippen molar-refractivity contribution in [1.82, 2.24) is 9.82 Å². The van der Waals surface area contributed by atoms with Crippen LogP contribution in [0.3, 0.4) is 0 Å². The normalized spacial score (nSPS) is 15.5. The number of amidine groups is 1. The molecule has 0 amide bonds. The summed E-state index contributed by atoms with van der Waals surface area (Å²) in [6.45, 7) is 3.90. The maximum atomic E-state index is 17.0. The first-order chi connectivity index (χ1) is 17.5. The van der Waals surface area contributed by atoms with Crippen molar-refractivity contribution in [2.75, 3.05) is 0 Å². The van der Waals surface area contributed by atoms with Gasteiger partial charge in [-0.05, 0) is 52.8 Å². The number of aryl methyl sites for hydroxylation is 2. The number of hydrogen-bond acceptors (Lipinski definition) is 1. The Morgan fingerprint density at radius 3 is 1.83 bits per heavy atom. The molecule has 6 heteroatoms. The molecule has 0 unspecified atom stereocenters. The highest BCUT2D eigenvalue weighted by Gasteiger charge is 2.61. The summed E-state index contributed by atoms with van der Waals surface area (Å²) in [6, 6.07) is 30.3. The van der Waals surface area contributed by atoms with Gasteiger partial charge in [-0.1, -0.05) is 78.9 Å². The van der Waals surface area contributed by atoms with Gasteiger partial charge in [-0.25, -0.2) is 0 Å². The molecule has 0 radical (unpaired) electrons. The fourth-order valence-corrected chi connectivity index (χ4v) is 5.51. The molecule has 4 nitrogen and oxygen atoms in total. The summed E-state index contributed by atoms with van der Waals surface area (Å²) >= 11 is 0. The monoisotopic (exact) mass is 476 g/mol. The summed E-state index contributed by atoms with van der Waals surface area (Å²) < 4.78 is 36.2. The van der Waals surface area contributed by atoms with Gasteiger partial charge in [0.05, 0.1) is 15.6 Å². The molecule has 1 aromatic heterocycles. The van der Waals surface area contributed by atoms with Crippen LogP contribution in [0.2, 0.25) is 0 Å². The average molecular weight is 477 g/mol. The SMILES string of the molecule is Cc1ccccc1C1=[N+]2C(=Nc3c4ccccc4c(-c4ccccc4C)n3[N+]2(F)F)c2ccccc21. The minimum Gasteiger partial charge on any atom is -0.0620 e. The number of fused-ring (bicyclic) bond motifs is 6. The highest BCUT2D eigenvalue weighted by atomic mass is 19.4. The van der Waals surface area contributed by atoms with E-state index in [1.165, 1.54) is 0 Å². The zero-order valence-corrected chi connectivity index (χ0v) is 19.8. The molecule has 7 rings (SSSR count). The third-order valence-corrected chi connectivity index (χ3v) is 7.16. The third kappa shape index (κ3) is 2.64. The molecule has 0 aliphatic carbocycles. The van der Waals surface area contributed by atoms with Crippen molar-refractivity contribution in [2.24, 2.45) is 4.99 Å². The fraction of sp³-hybridized carbons (Fsp3) is 0.0667. The summed E-state index contributed by atoms with van der Waals surface area (Å²) in [5.74, 6) is 0.502. The molecule has 3 heterocycles. The van der Waals surface area contributed by atoms with Gasteiger partial charge in [0.25, 0.3) is 0 Å². The van der Waals surface area contributed by atoms with E-state index in [1.54, 1.807) is 0 Å². The van der Waals surface area contributed by atoms with Crippen molar-refractivity contribution in [1.29, 1.82) is 0 Å². The van der Waals surface area contributed by atoms with Crippen LogP contribution in [0, 0.1) is 13.8 Å². The van der Waals surface area contributed by atoms with Crippen molar-refractivity contribution >= 4 is 28.1 Å². The average Bonchev–Trinajstić information content (AvgIpc) is 3.40. The maximum Gasteiger partial charge on any atom is 0.394 e. The van der Waals surface area contributed by atoms with Gasteiger partial charge >= 0.3 is 16.8 Å². The van der Waals surface area contributed by atoms with Crippen molar-refractivity contribution in [3.05, 3.63) is 125 Å². The molecule has 0 fully saturated rings. The number of halogens is 2. The molecule has 5 aromatic rings. The van der Waals surface area contributed by atoms with Gasteiger partial charge in [0.1, 0.15) is 14.7 Å². The Morgan fingerprint density at radius 1 is 0.639 bits per heavy atom. The summed E-state index contributed by atoms with van der Waals surface area (Å²) in [6.07, 6.45) is 0. The van der Waals surface area contributed by atoms with Crippen LogP contribution in [-0.4, -0.2) is 20.9 Å². The van der Waals surface area contributed by atoms with E-state index < -0.39 is 5.15 Å². The third-order valence-electron chi connectivity index (χ3n) is 7.16. The number of quaternary nitrogens is 1. The van der Waals surface area contributed by atoms with Crippen molar-refractivity contribution in [2.45, 2.75) is 13.8 Å². The number of rotatable bonds is 2. The molecule has 0 saturated carbocycles. The summed E-state index contributed by atoms with van der Waals surface area (Å²) in [4.78, 5) is 4.94. The Hall–Kier alpha value is -4.42. The van der Waals surface area contributed by atoms with Crippen LogP contribution in [0.5, 0.6) is 0 Å². The lowest BCUT2D eigenvalue weighted by Gasteiger charge is -2.19. The Kier molecular flexibility index (Phi) is 4.23. The van der Waals surface area contributed by atoms with Gasteiger partial charge in [0.2, 0.25) is 5.71 Å². The molecule has 0 saturated heterocycles. The largest absolute Gasteiger partial charge is 0.394 e. The van der Waals surface area contributed by atoms with Gasteiger partial charge in [0, 0.05) is 22.1 Å². The molecular formula is C30H22F2N4+2. The van der Waals surface area contributed by atoms with Crippen molar-refractivity contribution in [3.63, 3.8) is 0 Å². The number of benzene rings is 4. The van der Waals surface area contributed by atoms with Gasteiger partial charge in [0.15, 0.2) is 0 Å². The minimum atomic E-state index is -2.52. The topological polar surface area (TPSA) is 20.3 Å².